The van der Waals surface area contributed by atoms with Gasteiger partial charge in [-0.25, -0.2) is 4.98 Å². The van der Waals surface area contributed by atoms with Crippen LogP contribution in [0.1, 0.15) is 6.42 Å². The average Bonchev–Trinajstić information content (AvgIpc) is 2.75. The van der Waals surface area contributed by atoms with E-state index >= 15 is 0 Å². The maximum Gasteiger partial charge on any atom is 0.311 e. The summed E-state index contributed by atoms with van der Waals surface area (Å²) >= 11 is 0. The lowest BCUT2D eigenvalue weighted by Crippen LogP contribution is -2.23. The maximum atomic E-state index is 10.9. The van der Waals surface area contributed by atoms with Gasteiger partial charge in [0.25, 0.3) is 0 Å². The number of aliphatic hydroxyl groups is 1. The van der Waals surface area contributed by atoms with Crippen LogP contribution in [0.4, 0.5) is 17.3 Å². The molecule has 2 rings (SSSR count). The van der Waals surface area contributed by atoms with E-state index in [2.05, 4.69) is 10.3 Å². The number of nitrogens with zero attached hydrogens (tertiary/aromatic N) is 3. The van der Waals surface area contributed by atoms with Crippen LogP contribution in [0.2, 0.25) is 0 Å². The Balaban J connectivity index is 2.38. The zero-order chi connectivity index (χ0) is 12.4. The van der Waals surface area contributed by atoms with Crippen LogP contribution in [-0.4, -0.2) is 41.3 Å². The number of aromatic nitrogens is 1. The number of pyridine rings is 1. The van der Waals surface area contributed by atoms with Crippen molar-refractivity contribution in [2.45, 2.75) is 12.5 Å². The van der Waals surface area contributed by atoms with Gasteiger partial charge < -0.3 is 15.3 Å². The Labute approximate surface area is 98.2 Å². The van der Waals surface area contributed by atoms with E-state index in [1.807, 2.05) is 0 Å². The lowest BCUT2D eigenvalue weighted by molar-refractivity contribution is -0.384. The van der Waals surface area contributed by atoms with Crippen molar-refractivity contribution in [1.82, 2.24) is 4.98 Å². The van der Waals surface area contributed by atoms with Gasteiger partial charge in [-0.05, 0) is 12.5 Å². The molecule has 2 N–H and O–H groups in total. The summed E-state index contributed by atoms with van der Waals surface area (Å²) in [5.74, 6) is 0.894. The van der Waals surface area contributed by atoms with Gasteiger partial charge in [-0.3, -0.25) is 10.1 Å². The molecule has 92 valence electrons. The first kappa shape index (κ1) is 11.6. The molecule has 0 spiro atoms. The van der Waals surface area contributed by atoms with Gasteiger partial charge in [-0.2, -0.15) is 0 Å². The largest absolute Gasteiger partial charge is 0.391 e. The van der Waals surface area contributed by atoms with Crippen molar-refractivity contribution in [1.29, 1.82) is 0 Å². The van der Waals surface area contributed by atoms with Gasteiger partial charge in [0, 0.05) is 26.2 Å². The van der Waals surface area contributed by atoms with Crippen molar-refractivity contribution < 1.29 is 10.0 Å². The van der Waals surface area contributed by atoms with Crippen molar-refractivity contribution >= 4 is 17.3 Å². The first-order valence-corrected chi connectivity index (χ1v) is 5.38. The minimum Gasteiger partial charge on any atom is -0.391 e. The molecule has 7 nitrogen and oxygen atoms in total. The van der Waals surface area contributed by atoms with Crippen LogP contribution in [0.15, 0.2) is 12.1 Å². The minimum atomic E-state index is -0.452. The highest BCUT2D eigenvalue weighted by molar-refractivity contribution is 5.62. The van der Waals surface area contributed by atoms with Crippen molar-refractivity contribution in [3.8, 4) is 0 Å². The second-order valence-electron chi connectivity index (χ2n) is 3.93. The monoisotopic (exact) mass is 238 g/mol. The quantitative estimate of drug-likeness (QED) is 0.592. The number of nitrogens with one attached hydrogen (secondary N) is 1. The van der Waals surface area contributed by atoms with Gasteiger partial charge in [-0.15, -0.1) is 0 Å². The summed E-state index contributed by atoms with van der Waals surface area (Å²) in [6, 6.07) is 2.99. The topological polar surface area (TPSA) is 91.5 Å². The summed E-state index contributed by atoms with van der Waals surface area (Å²) in [6.07, 6.45) is 0.178. The highest BCUT2D eigenvalue weighted by Gasteiger charge is 2.27. The summed E-state index contributed by atoms with van der Waals surface area (Å²) < 4.78 is 0. The molecule has 2 heterocycles. The van der Waals surface area contributed by atoms with E-state index in [4.69, 9.17) is 0 Å². The average molecular weight is 238 g/mol. The van der Waals surface area contributed by atoms with E-state index < -0.39 is 11.0 Å². The number of aliphatic hydroxyl groups excluding tert-OH is 1. The molecule has 0 bridgehead atoms. The van der Waals surface area contributed by atoms with E-state index in [0.717, 1.165) is 0 Å². The van der Waals surface area contributed by atoms with Gasteiger partial charge in [0.15, 0.2) is 0 Å². The summed E-state index contributed by atoms with van der Waals surface area (Å²) in [7, 11) is 1.71. The minimum absolute atomic E-state index is 0.0295. The number of nitro groups is 1. The van der Waals surface area contributed by atoms with Gasteiger partial charge in [0.2, 0.25) is 5.82 Å². The molecule has 1 aliphatic heterocycles. The van der Waals surface area contributed by atoms with E-state index in [-0.39, 0.29) is 5.69 Å². The second kappa shape index (κ2) is 4.54. The normalized spacial score (nSPS) is 19.4. The van der Waals surface area contributed by atoms with Gasteiger partial charge in [-0.1, -0.05) is 0 Å². The van der Waals surface area contributed by atoms with E-state index in [1.54, 1.807) is 18.0 Å². The first-order chi connectivity index (χ1) is 8.11. The zero-order valence-electron chi connectivity index (χ0n) is 9.46. The number of β-amino-alcohol motifs (C(OH)–C–C–N with tert-alkyl or cyclic N) is 1. The Morgan fingerprint density at radius 1 is 1.65 bits per heavy atom. The number of hydrogen-bond donors (Lipinski definition) is 2. The predicted octanol–water partition coefficient (Wildman–Crippen LogP) is 0.602. The molecule has 1 saturated heterocycles. The SMILES string of the molecule is CNc1ccc([N+](=O)[O-])c(N2CCC(O)C2)n1. The van der Waals surface area contributed by atoms with Gasteiger partial charge in [0.1, 0.15) is 5.82 Å². The smallest absolute Gasteiger partial charge is 0.311 e. The molecule has 0 aromatic carbocycles. The standard InChI is InChI=1S/C10H14N4O3/c1-11-9-3-2-8(14(16)17)10(12-9)13-5-4-7(15)6-13/h2-3,7,15H,4-6H2,1H3,(H,11,12). The van der Waals surface area contributed by atoms with E-state index in [0.29, 0.717) is 31.1 Å². The molecule has 1 unspecified atom stereocenters. The second-order valence-corrected chi connectivity index (χ2v) is 3.93. The van der Waals surface area contributed by atoms with Crippen molar-refractivity contribution in [3.05, 3.63) is 22.2 Å². The fourth-order valence-corrected chi connectivity index (χ4v) is 1.89. The third-order valence-corrected chi connectivity index (χ3v) is 2.77. The predicted molar refractivity (Wildman–Crippen MR) is 63.3 cm³/mol. The van der Waals surface area contributed by atoms with Crippen LogP contribution in [0.5, 0.6) is 0 Å². The molecule has 0 saturated carbocycles. The number of anilines is 2. The molecular formula is C10H14N4O3. The van der Waals surface area contributed by atoms with E-state index in [1.165, 1.54) is 6.07 Å². The molecule has 1 aromatic heterocycles. The number of hydrogen-bond acceptors (Lipinski definition) is 6. The fourth-order valence-electron chi connectivity index (χ4n) is 1.89. The molecule has 0 radical (unpaired) electrons. The van der Waals surface area contributed by atoms with Crippen LogP contribution in [0, 0.1) is 10.1 Å². The van der Waals surface area contributed by atoms with Crippen LogP contribution in [0.25, 0.3) is 0 Å². The van der Waals surface area contributed by atoms with Gasteiger partial charge >= 0.3 is 5.69 Å². The molecule has 7 heteroatoms. The van der Waals surface area contributed by atoms with Crippen LogP contribution in [0.3, 0.4) is 0 Å². The van der Waals surface area contributed by atoms with E-state index in [9.17, 15) is 15.2 Å². The Kier molecular flexibility index (Phi) is 3.10. The van der Waals surface area contributed by atoms with Crippen molar-refractivity contribution in [3.63, 3.8) is 0 Å². The fraction of sp³-hybridized carbons (Fsp3) is 0.500. The number of rotatable bonds is 3. The highest BCUT2D eigenvalue weighted by atomic mass is 16.6. The van der Waals surface area contributed by atoms with Gasteiger partial charge in [0.05, 0.1) is 11.0 Å². The molecule has 1 aromatic rings. The molecule has 0 amide bonds. The Hall–Kier alpha value is -1.89. The molecular weight excluding hydrogens is 224 g/mol. The summed E-state index contributed by atoms with van der Waals surface area (Å²) in [5, 5.41) is 23.2. The molecule has 0 aliphatic carbocycles. The van der Waals surface area contributed by atoms with Crippen molar-refractivity contribution in [2.75, 3.05) is 30.4 Å². The van der Waals surface area contributed by atoms with Crippen LogP contribution < -0.4 is 10.2 Å². The first-order valence-electron chi connectivity index (χ1n) is 5.38. The summed E-state index contributed by atoms with van der Waals surface area (Å²) in [6.45, 7) is 0.975. The lowest BCUT2D eigenvalue weighted by atomic mass is 10.3. The molecule has 1 aliphatic rings. The highest BCUT2D eigenvalue weighted by Crippen LogP contribution is 2.29. The summed E-state index contributed by atoms with van der Waals surface area (Å²) in [5.41, 5.74) is -0.0295. The van der Waals surface area contributed by atoms with Crippen LogP contribution in [-0.2, 0) is 0 Å². The Bertz CT molecular complexity index is 438. The van der Waals surface area contributed by atoms with Crippen LogP contribution >= 0.6 is 0 Å². The molecule has 17 heavy (non-hydrogen) atoms. The Morgan fingerprint density at radius 3 is 2.94 bits per heavy atom. The zero-order valence-corrected chi connectivity index (χ0v) is 9.46. The lowest BCUT2D eigenvalue weighted by Gasteiger charge is -2.17. The molecule has 1 atom stereocenters. The summed E-state index contributed by atoms with van der Waals surface area (Å²) in [4.78, 5) is 16.4. The molecule has 1 fully saturated rings. The van der Waals surface area contributed by atoms with Crippen molar-refractivity contribution in [2.24, 2.45) is 0 Å². The third kappa shape index (κ3) is 2.28. The maximum absolute atomic E-state index is 10.9. The Morgan fingerprint density at radius 2 is 2.41 bits per heavy atom. The third-order valence-electron chi connectivity index (χ3n) is 2.77.